The first-order chi connectivity index (χ1) is 8.71. The lowest BCUT2D eigenvalue weighted by molar-refractivity contribution is 0.419. The molecular weight excluding hydrogens is 244 g/mol. The van der Waals surface area contributed by atoms with Crippen molar-refractivity contribution >= 4 is 22.6 Å². The minimum atomic E-state index is 0.480. The summed E-state index contributed by atoms with van der Waals surface area (Å²) in [6, 6.07) is 6.35. The molecular formula is C15H21ClN2. The SMILES string of the molecule is CCC(CC)Cn1c(CCl)nc2c(C)cccc21. The Hall–Kier alpha value is -1.02. The maximum Gasteiger partial charge on any atom is 0.124 e. The molecule has 0 atom stereocenters. The van der Waals surface area contributed by atoms with E-state index in [4.69, 9.17) is 11.6 Å². The highest BCUT2D eigenvalue weighted by molar-refractivity contribution is 6.16. The van der Waals surface area contributed by atoms with Crippen LogP contribution in [0.1, 0.15) is 38.1 Å². The number of hydrogen-bond donors (Lipinski definition) is 0. The van der Waals surface area contributed by atoms with E-state index < -0.39 is 0 Å². The van der Waals surface area contributed by atoms with Crippen LogP contribution < -0.4 is 0 Å². The molecule has 1 aromatic heterocycles. The molecule has 0 saturated carbocycles. The Morgan fingerprint density at radius 2 is 2.00 bits per heavy atom. The highest BCUT2D eigenvalue weighted by Gasteiger charge is 2.14. The summed E-state index contributed by atoms with van der Waals surface area (Å²) in [5.74, 6) is 2.17. The van der Waals surface area contributed by atoms with Crippen LogP contribution in [-0.2, 0) is 12.4 Å². The third kappa shape index (κ3) is 2.39. The molecule has 0 aliphatic heterocycles. The van der Waals surface area contributed by atoms with E-state index in [2.05, 4.69) is 48.5 Å². The summed E-state index contributed by atoms with van der Waals surface area (Å²) in [7, 11) is 0. The number of imidazole rings is 1. The monoisotopic (exact) mass is 264 g/mol. The van der Waals surface area contributed by atoms with E-state index in [1.807, 2.05) is 0 Å². The van der Waals surface area contributed by atoms with Gasteiger partial charge in [-0.3, -0.25) is 0 Å². The van der Waals surface area contributed by atoms with Gasteiger partial charge in [-0.15, -0.1) is 11.6 Å². The van der Waals surface area contributed by atoms with Gasteiger partial charge in [0, 0.05) is 6.54 Å². The van der Waals surface area contributed by atoms with Crippen LogP contribution >= 0.6 is 11.6 Å². The van der Waals surface area contributed by atoms with Crippen molar-refractivity contribution in [3.8, 4) is 0 Å². The van der Waals surface area contributed by atoms with Gasteiger partial charge in [-0.1, -0.05) is 38.8 Å². The van der Waals surface area contributed by atoms with Crippen molar-refractivity contribution < 1.29 is 0 Å². The lowest BCUT2D eigenvalue weighted by Crippen LogP contribution is -2.11. The second kappa shape index (κ2) is 5.75. The number of aryl methyl sites for hydroxylation is 1. The van der Waals surface area contributed by atoms with Gasteiger partial charge in [0.2, 0.25) is 0 Å². The third-order valence-electron chi connectivity index (χ3n) is 3.77. The van der Waals surface area contributed by atoms with Gasteiger partial charge < -0.3 is 4.57 Å². The molecule has 0 bridgehead atoms. The molecule has 98 valence electrons. The number of para-hydroxylation sites is 1. The average molecular weight is 265 g/mol. The summed E-state index contributed by atoms with van der Waals surface area (Å²) in [6.45, 7) is 7.63. The number of nitrogens with zero attached hydrogens (tertiary/aromatic N) is 2. The van der Waals surface area contributed by atoms with Crippen LogP contribution in [0.4, 0.5) is 0 Å². The third-order valence-corrected chi connectivity index (χ3v) is 4.01. The lowest BCUT2D eigenvalue weighted by Gasteiger charge is -2.15. The van der Waals surface area contributed by atoms with Crippen LogP contribution in [0, 0.1) is 12.8 Å². The molecule has 1 heterocycles. The van der Waals surface area contributed by atoms with E-state index in [1.54, 1.807) is 0 Å². The number of aromatic nitrogens is 2. The van der Waals surface area contributed by atoms with E-state index in [0.717, 1.165) is 17.9 Å². The Kier molecular flexibility index (Phi) is 4.28. The molecule has 18 heavy (non-hydrogen) atoms. The Morgan fingerprint density at radius 1 is 1.28 bits per heavy atom. The summed E-state index contributed by atoms with van der Waals surface area (Å²) >= 11 is 6.04. The minimum absolute atomic E-state index is 0.480. The lowest BCUT2D eigenvalue weighted by atomic mass is 10.0. The first kappa shape index (κ1) is 13.4. The maximum absolute atomic E-state index is 6.04. The number of hydrogen-bond acceptors (Lipinski definition) is 1. The van der Waals surface area contributed by atoms with Gasteiger partial charge in [-0.25, -0.2) is 4.98 Å². The van der Waals surface area contributed by atoms with Crippen LogP contribution in [-0.4, -0.2) is 9.55 Å². The molecule has 0 aliphatic rings. The zero-order chi connectivity index (χ0) is 13.1. The predicted octanol–water partition coefficient (Wildman–Crippen LogP) is 4.52. The molecule has 2 aromatic rings. The first-order valence-corrected chi connectivity index (χ1v) is 7.25. The molecule has 0 N–H and O–H groups in total. The number of rotatable bonds is 5. The topological polar surface area (TPSA) is 17.8 Å². The Balaban J connectivity index is 2.50. The normalized spacial score (nSPS) is 11.6. The summed E-state index contributed by atoms with van der Waals surface area (Å²) in [4.78, 5) is 4.68. The van der Waals surface area contributed by atoms with Gasteiger partial charge in [0.05, 0.1) is 16.9 Å². The predicted molar refractivity (Wildman–Crippen MR) is 78.1 cm³/mol. The van der Waals surface area contributed by atoms with E-state index in [9.17, 15) is 0 Å². The molecule has 1 aromatic carbocycles. The second-order valence-corrected chi connectivity index (χ2v) is 5.16. The molecule has 0 amide bonds. The molecule has 0 aliphatic carbocycles. The maximum atomic E-state index is 6.04. The molecule has 0 spiro atoms. The average Bonchev–Trinajstić information content (AvgIpc) is 2.75. The molecule has 0 saturated heterocycles. The van der Waals surface area contributed by atoms with Crippen LogP contribution in [0.2, 0.25) is 0 Å². The zero-order valence-electron chi connectivity index (χ0n) is 11.4. The molecule has 0 unspecified atom stereocenters. The van der Waals surface area contributed by atoms with Crippen molar-refractivity contribution in [3.05, 3.63) is 29.6 Å². The zero-order valence-corrected chi connectivity index (χ0v) is 12.2. The van der Waals surface area contributed by atoms with Crippen molar-refractivity contribution in [2.24, 2.45) is 5.92 Å². The number of benzene rings is 1. The second-order valence-electron chi connectivity index (χ2n) is 4.90. The van der Waals surface area contributed by atoms with E-state index in [-0.39, 0.29) is 0 Å². The highest BCUT2D eigenvalue weighted by Crippen LogP contribution is 2.23. The fraction of sp³-hybridized carbons (Fsp3) is 0.533. The minimum Gasteiger partial charge on any atom is -0.327 e. The Labute approximate surface area is 114 Å². The number of alkyl halides is 1. The molecule has 0 fully saturated rings. The fourth-order valence-corrected chi connectivity index (χ4v) is 2.65. The van der Waals surface area contributed by atoms with Gasteiger partial charge in [0.15, 0.2) is 0 Å². The van der Waals surface area contributed by atoms with Crippen LogP contribution in [0.5, 0.6) is 0 Å². The summed E-state index contributed by atoms with van der Waals surface area (Å²) < 4.78 is 2.30. The van der Waals surface area contributed by atoms with Crippen molar-refractivity contribution in [1.29, 1.82) is 0 Å². The van der Waals surface area contributed by atoms with E-state index >= 15 is 0 Å². The van der Waals surface area contributed by atoms with Gasteiger partial charge >= 0.3 is 0 Å². The smallest absolute Gasteiger partial charge is 0.124 e. The molecule has 3 heteroatoms. The van der Waals surface area contributed by atoms with Crippen LogP contribution in [0.25, 0.3) is 11.0 Å². The van der Waals surface area contributed by atoms with Crippen molar-refractivity contribution in [3.63, 3.8) is 0 Å². The Morgan fingerprint density at radius 3 is 2.61 bits per heavy atom. The standard InChI is InChI=1S/C15H21ClN2/c1-4-12(5-2)10-18-13-8-6-7-11(3)15(13)17-14(18)9-16/h6-8,12H,4-5,9-10H2,1-3H3. The van der Waals surface area contributed by atoms with E-state index in [1.165, 1.54) is 23.9 Å². The van der Waals surface area contributed by atoms with Crippen molar-refractivity contribution in [2.75, 3.05) is 0 Å². The van der Waals surface area contributed by atoms with Gasteiger partial charge in [-0.05, 0) is 24.5 Å². The Bertz CT molecular complexity index is 527. The van der Waals surface area contributed by atoms with Crippen molar-refractivity contribution in [2.45, 2.75) is 46.0 Å². The summed E-state index contributed by atoms with van der Waals surface area (Å²) in [6.07, 6.45) is 2.40. The molecule has 0 radical (unpaired) electrons. The fourth-order valence-electron chi connectivity index (χ4n) is 2.45. The molecule has 2 rings (SSSR count). The van der Waals surface area contributed by atoms with Crippen LogP contribution in [0.15, 0.2) is 18.2 Å². The number of fused-ring (bicyclic) bond motifs is 1. The highest BCUT2D eigenvalue weighted by atomic mass is 35.5. The quantitative estimate of drug-likeness (QED) is 0.726. The largest absolute Gasteiger partial charge is 0.327 e. The number of halogens is 1. The summed E-state index contributed by atoms with van der Waals surface area (Å²) in [5.41, 5.74) is 3.54. The summed E-state index contributed by atoms with van der Waals surface area (Å²) in [5, 5.41) is 0. The van der Waals surface area contributed by atoms with Crippen molar-refractivity contribution in [1.82, 2.24) is 9.55 Å². The van der Waals surface area contributed by atoms with Gasteiger partial charge in [0.1, 0.15) is 5.82 Å². The first-order valence-electron chi connectivity index (χ1n) is 6.71. The van der Waals surface area contributed by atoms with Gasteiger partial charge in [-0.2, -0.15) is 0 Å². The van der Waals surface area contributed by atoms with Crippen LogP contribution in [0.3, 0.4) is 0 Å². The van der Waals surface area contributed by atoms with E-state index in [0.29, 0.717) is 11.8 Å². The van der Waals surface area contributed by atoms with Gasteiger partial charge in [0.25, 0.3) is 0 Å². The molecule has 2 nitrogen and oxygen atoms in total.